The van der Waals surface area contributed by atoms with E-state index in [4.69, 9.17) is 15.2 Å². The molecule has 0 saturated heterocycles. The molecular formula is C15H16N2O3. The molecule has 1 aromatic carbocycles. The SMILES string of the molecule is COc1cccc(COC(=O)c2cc(N)cnc2C)c1. The molecular weight excluding hydrogens is 256 g/mol. The summed E-state index contributed by atoms with van der Waals surface area (Å²) in [6, 6.07) is 8.92. The summed E-state index contributed by atoms with van der Waals surface area (Å²) in [7, 11) is 1.59. The monoisotopic (exact) mass is 272 g/mol. The number of aryl methyl sites for hydroxylation is 1. The number of nitrogen functional groups attached to an aromatic ring is 1. The maximum atomic E-state index is 12.0. The predicted octanol–water partition coefficient (Wildman–Crippen LogP) is 2.34. The number of nitrogens with two attached hydrogens (primary N) is 1. The number of nitrogens with zero attached hydrogens (tertiary/aromatic N) is 1. The molecule has 0 unspecified atom stereocenters. The van der Waals surface area contributed by atoms with E-state index in [0.717, 1.165) is 11.3 Å². The summed E-state index contributed by atoms with van der Waals surface area (Å²) in [6.45, 7) is 1.91. The Hall–Kier alpha value is -2.56. The average molecular weight is 272 g/mol. The van der Waals surface area contributed by atoms with Crippen LogP contribution >= 0.6 is 0 Å². The molecule has 5 heteroatoms. The minimum absolute atomic E-state index is 0.171. The van der Waals surface area contributed by atoms with Gasteiger partial charge in [-0.3, -0.25) is 4.98 Å². The van der Waals surface area contributed by atoms with Gasteiger partial charge in [0.15, 0.2) is 0 Å². The zero-order chi connectivity index (χ0) is 14.5. The third-order valence-corrected chi connectivity index (χ3v) is 2.83. The number of aromatic nitrogens is 1. The average Bonchev–Trinajstić information content (AvgIpc) is 2.47. The van der Waals surface area contributed by atoms with Gasteiger partial charge in [-0.2, -0.15) is 0 Å². The molecule has 0 aliphatic carbocycles. The van der Waals surface area contributed by atoms with E-state index in [0.29, 0.717) is 16.9 Å². The van der Waals surface area contributed by atoms with Crippen LogP contribution in [0.1, 0.15) is 21.6 Å². The van der Waals surface area contributed by atoms with E-state index in [1.54, 1.807) is 20.1 Å². The van der Waals surface area contributed by atoms with E-state index >= 15 is 0 Å². The Morgan fingerprint density at radius 3 is 2.90 bits per heavy atom. The molecule has 0 bridgehead atoms. The quantitative estimate of drug-likeness (QED) is 0.865. The number of methoxy groups -OCH3 is 1. The summed E-state index contributed by atoms with van der Waals surface area (Å²) in [5.41, 5.74) is 7.89. The summed E-state index contributed by atoms with van der Waals surface area (Å²) in [5, 5.41) is 0. The Morgan fingerprint density at radius 1 is 1.35 bits per heavy atom. The highest BCUT2D eigenvalue weighted by Crippen LogP contribution is 2.15. The fourth-order valence-corrected chi connectivity index (χ4v) is 1.74. The lowest BCUT2D eigenvalue weighted by Crippen LogP contribution is -2.09. The van der Waals surface area contributed by atoms with Gasteiger partial charge in [0.25, 0.3) is 0 Å². The molecule has 1 aromatic heterocycles. The number of esters is 1. The minimum atomic E-state index is -0.440. The second-order valence-corrected chi connectivity index (χ2v) is 4.33. The van der Waals surface area contributed by atoms with E-state index in [9.17, 15) is 4.79 Å². The summed E-state index contributed by atoms with van der Waals surface area (Å²) in [6.07, 6.45) is 1.51. The number of anilines is 1. The first-order valence-corrected chi connectivity index (χ1v) is 6.12. The van der Waals surface area contributed by atoms with Gasteiger partial charge in [-0.15, -0.1) is 0 Å². The van der Waals surface area contributed by atoms with Crippen LogP contribution in [0, 0.1) is 6.92 Å². The van der Waals surface area contributed by atoms with Crippen LogP contribution in [-0.4, -0.2) is 18.1 Å². The van der Waals surface area contributed by atoms with Crippen molar-refractivity contribution in [1.82, 2.24) is 4.98 Å². The molecule has 0 aliphatic rings. The first kappa shape index (κ1) is 13.9. The maximum absolute atomic E-state index is 12.0. The van der Waals surface area contributed by atoms with Gasteiger partial charge in [0.05, 0.1) is 30.3 Å². The van der Waals surface area contributed by atoms with Crippen LogP contribution in [0.5, 0.6) is 5.75 Å². The van der Waals surface area contributed by atoms with Gasteiger partial charge in [-0.05, 0) is 30.7 Å². The van der Waals surface area contributed by atoms with Gasteiger partial charge >= 0.3 is 5.97 Å². The van der Waals surface area contributed by atoms with Crippen molar-refractivity contribution in [3.63, 3.8) is 0 Å². The lowest BCUT2D eigenvalue weighted by Gasteiger charge is -2.08. The predicted molar refractivity (Wildman–Crippen MR) is 75.5 cm³/mol. The largest absolute Gasteiger partial charge is 0.497 e. The Balaban J connectivity index is 2.06. The second kappa shape index (κ2) is 6.06. The minimum Gasteiger partial charge on any atom is -0.497 e. The molecule has 1 heterocycles. The summed E-state index contributed by atoms with van der Waals surface area (Å²) in [5.74, 6) is 0.283. The molecule has 0 atom stereocenters. The first-order valence-electron chi connectivity index (χ1n) is 6.12. The van der Waals surface area contributed by atoms with Crippen LogP contribution < -0.4 is 10.5 Å². The van der Waals surface area contributed by atoms with Gasteiger partial charge in [0.1, 0.15) is 12.4 Å². The van der Waals surface area contributed by atoms with Crippen LogP contribution in [0.15, 0.2) is 36.5 Å². The Bertz CT molecular complexity index is 626. The molecule has 5 nitrogen and oxygen atoms in total. The molecule has 20 heavy (non-hydrogen) atoms. The van der Waals surface area contributed by atoms with Gasteiger partial charge in [-0.25, -0.2) is 4.79 Å². The molecule has 0 saturated carbocycles. The van der Waals surface area contributed by atoms with Crippen LogP contribution in [0.3, 0.4) is 0 Å². The second-order valence-electron chi connectivity index (χ2n) is 4.33. The van der Waals surface area contributed by atoms with Crippen molar-refractivity contribution in [2.75, 3.05) is 12.8 Å². The summed E-state index contributed by atoms with van der Waals surface area (Å²) < 4.78 is 10.4. The molecule has 2 aromatic rings. The normalized spacial score (nSPS) is 10.1. The van der Waals surface area contributed by atoms with Crippen molar-refractivity contribution in [2.45, 2.75) is 13.5 Å². The molecule has 2 N–H and O–H groups in total. The molecule has 0 aliphatic heterocycles. The van der Waals surface area contributed by atoms with Gasteiger partial charge in [-0.1, -0.05) is 12.1 Å². The van der Waals surface area contributed by atoms with Gasteiger partial charge in [0.2, 0.25) is 0 Å². The fourth-order valence-electron chi connectivity index (χ4n) is 1.74. The third kappa shape index (κ3) is 3.26. The Morgan fingerprint density at radius 2 is 2.15 bits per heavy atom. The number of carbonyl (C=O) groups is 1. The van der Waals surface area contributed by atoms with Crippen molar-refractivity contribution in [2.24, 2.45) is 0 Å². The Labute approximate surface area is 117 Å². The molecule has 2 rings (SSSR count). The number of hydrogen-bond donors (Lipinski definition) is 1. The lowest BCUT2D eigenvalue weighted by atomic mass is 10.2. The number of ether oxygens (including phenoxy) is 2. The summed E-state index contributed by atoms with van der Waals surface area (Å²) in [4.78, 5) is 16.0. The molecule has 0 fully saturated rings. The van der Waals surface area contributed by atoms with Crippen LogP contribution in [0.25, 0.3) is 0 Å². The number of pyridine rings is 1. The first-order chi connectivity index (χ1) is 9.60. The number of benzene rings is 1. The van der Waals surface area contributed by atoms with Crippen molar-refractivity contribution < 1.29 is 14.3 Å². The van der Waals surface area contributed by atoms with E-state index in [1.807, 2.05) is 24.3 Å². The highest BCUT2D eigenvalue weighted by Gasteiger charge is 2.12. The number of hydrogen-bond acceptors (Lipinski definition) is 5. The Kier molecular flexibility index (Phi) is 4.20. The highest BCUT2D eigenvalue weighted by atomic mass is 16.5. The highest BCUT2D eigenvalue weighted by molar-refractivity contribution is 5.91. The molecule has 0 amide bonds. The maximum Gasteiger partial charge on any atom is 0.340 e. The third-order valence-electron chi connectivity index (χ3n) is 2.83. The number of carbonyl (C=O) groups excluding carboxylic acids is 1. The van der Waals surface area contributed by atoms with Gasteiger partial charge in [0, 0.05) is 0 Å². The molecule has 104 valence electrons. The standard InChI is InChI=1S/C15H16N2O3/c1-10-14(7-12(16)8-17-10)15(18)20-9-11-4-3-5-13(6-11)19-2/h3-8H,9,16H2,1-2H3. The summed E-state index contributed by atoms with van der Waals surface area (Å²) >= 11 is 0. The zero-order valence-electron chi connectivity index (χ0n) is 11.4. The smallest absolute Gasteiger partial charge is 0.340 e. The van der Waals surface area contributed by atoms with E-state index in [1.165, 1.54) is 6.20 Å². The van der Waals surface area contributed by atoms with Crippen molar-refractivity contribution in [1.29, 1.82) is 0 Å². The molecule has 0 radical (unpaired) electrons. The van der Waals surface area contributed by atoms with Crippen molar-refractivity contribution in [3.8, 4) is 5.75 Å². The van der Waals surface area contributed by atoms with Crippen molar-refractivity contribution in [3.05, 3.63) is 53.3 Å². The molecule has 0 spiro atoms. The van der Waals surface area contributed by atoms with Crippen LogP contribution in [0.4, 0.5) is 5.69 Å². The lowest BCUT2D eigenvalue weighted by molar-refractivity contribution is 0.0471. The topological polar surface area (TPSA) is 74.4 Å². The van der Waals surface area contributed by atoms with Crippen LogP contribution in [0.2, 0.25) is 0 Å². The fraction of sp³-hybridized carbons (Fsp3) is 0.200. The zero-order valence-corrected chi connectivity index (χ0v) is 11.4. The van der Waals surface area contributed by atoms with E-state index in [-0.39, 0.29) is 6.61 Å². The van der Waals surface area contributed by atoms with Crippen LogP contribution in [-0.2, 0) is 11.3 Å². The van der Waals surface area contributed by atoms with Gasteiger partial charge < -0.3 is 15.2 Å². The van der Waals surface area contributed by atoms with E-state index in [2.05, 4.69) is 4.98 Å². The number of rotatable bonds is 4. The van der Waals surface area contributed by atoms with Crippen molar-refractivity contribution >= 4 is 11.7 Å². The van der Waals surface area contributed by atoms with E-state index < -0.39 is 5.97 Å².